The number of nitrogens with zero attached hydrogens (tertiary/aromatic N) is 2. The van der Waals surface area contributed by atoms with Crippen LogP contribution in [0.5, 0.6) is 0 Å². The average molecular weight is 187 g/mol. The molecule has 0 aliphatic carbocycles. The quantitative estimate of drug-likeness (QED) is 0.571. The third-order valence-electron chi connectivity index (χ3n) is 2.06. The highest BCUT2D eigenvalue weighted by molar-refractivity contribution is 5.85. The second kappa shape index (κ2) is 2.41. The summed E-state index contributed by atoms with van der Waals surface area (Å²) in [4.78, 5) is 15.7. The fourth-order valence-electron chi connectivity index (χ4n) is 1.40. The summed E-state index contributed by atoms with van der Waals surface area (Å²) in [5, 5.41) is 7.26. The van der Waals surface area contributed by atoms with Crippen LogP contribution in [-0.4, -0.2) is 15.2 Å². The maximum absolute atomic E-state index is 11.8. The van der Waals surface area contributed by atoms with Gasteiger partial charge in [-0.1, -0.05) is 0 Å². The van der Waals surface area contributed by atoms with Gasteiger partial charge in [0.05, 0.1) is 11.6 Å². The Balaban J connectivity index is 2.70. The van der Waals surface area contributed by atoms with E-state index in [0.29, 0.717) is 22.2 Å². The van der Waals surface area contributed by atoms with Gasteiger partial charge < -0.3 is 4.42 Å². The maximum Gasteiger partial charge on any atom is 0.232 e. The number of pyridine rings is 1. The number of hydrogen-bond acceptors (Lipinski definition) is 4. The van der Waals surface area contributed by atoms with Crippen molar-refractivity contribution in [2.45, 2.75) is 0 Å². The largest absolute Gasteiger partial charge is 0.420 e. The van der Waals surface area contributed by atoms with Gasteiger partial charge in [0.1, 0.15) is 5.39 Å². The summed E-state index contributed by atoms with van der Waals surface area (Å²) in [6.45, 7) is 0. The molecule has 5 nitrogen and oxygen atoms in total. The summed E-state index contributed by atoms with van der Waals surface area (Å²) in [6.07, 6.45) is 3.03. The van der Waals surface area contributed by atoms with Crippen molar-refractivity contribution < 1.29 is 4.42 Å². The van der Waals surface area contributed by atoms with Crippen LogP contribution in [0.25, 0.3) is 22.2 Å². The molecule has 0 unspecified atom stereocenters. The van der Waals surface area contributed by atoms with Crippen LogP contribution in [0.4, 0.5) is 0 Å². The molecule has 0 saturated heterocycles. The molecule has 0 aromatic carbocycles. The van der Waals surface area contributed by atoms with Gasteiger partial charge in [0, 0.05) is 6.20 Å². The lowest BCUT2D eigenvalue weighted by atomic mass is 10.2. The molecule has 3 heterocycles. The highest BCUT2D eigenvalue weighted by Crippen LogP contribution is 2.13. The number of nitrogens with one attached hydrogen (secondary N) is 1. The monoisotopic (exact) mass is 187 g/mol. The minimum absolute atomic E-state index is 0.108. The molecule has 0 aliphatic heterocycles. The van der Waals surface area contributed by atoms with E-state index in [1.54, 1.807) is 18.3 Å². The summed E-state index contributed by atoms with van der Waals surface area (Å²) in [6, 6.07) is 3.38. The van der Waals surface area contributed by atoms with Crippen molar-refractivity contribution in [3.05, 3.63) is 34.7 Å². The Labute approximate surface area is 77.4 Å². The second-order valence-electron chi connectivity index (χ2n) is 2.90. The first-order chi connectivity index (χ1) is 6.86. The fraction of sp³-hybridized carbons (Fsp3) is 0. The molecule has 0 radical (unpaired) electrons. The summed E-state index contributed by atoms with van der Waals surface area (Å²) < 4.78 is 5.34. The second-order valence-corrected chi connectivity index (χ2v) is 2.90. The molecule has 14 heavy (non-hydrogen) atoms. The van der Waals surface area contributed by atoms with E-state index in [0.717, 1.165) is 0 Å². The van der Waals surface area contributed by atoms with Crippen LogP contribution in [0, 0.1) is 0 Å². The summed E-state index contributed by atoms with van der Waals surface area (Å²) in [5.41, 5.74) is 0.582. The van der Waals surface area contributed by atoms with Gasteiger partial charge in [-0.3, -0.25) is 4.79 Å². The van der Waals surface area contributed by atoms with Crippen LogP contribution in [-0.2, 0) is 0 Å². The normalized spacial score (nSPS) is 11.1. The molecule has 1 N–H and O–H groups in total. The average Bonchev–Trinajstić information content (AvgIpc) is 2.66. The van der Waals surface area contributed by atoms with Crippen LogP contribution >= 0.6 is 0 Å². The molecular weight excluding hydrogens is 182 g/mol. The fourth-order valence-corrected chi connectivity index (χ4v) is 1.40. The van der Waals surface area contributed by atoms with Crippen molar-refractivity contribution in [1.29, 1.82) is 0 Å². The zero-order valence-corrected chi connectivity index (χ0v) is 7.02. The highest BCUT2D eigenvalue weighted by atomic mass is 16.3. The molecule has 0 atom stereocenters. The van der Waals surface area contributed by atoms with E-state index in [9.17, 15) is 4.79 Å². The number of hydrogen-bond donors (Lipinski definition) is 1. The molecule has 0 amide bonds. The first-order valence-corrected chi connectivity index (χ1v) is 4.07. The van der Waals surface area contributed by atoms with Crippen LogP contribution < -0.4 is 5.43 Å². The predicted octanol–water partition coefficient (Wildman–Crippen LogP) is 1.06. The van der Waals surface area contributed by atoms with E-state index in [1.165, 1.54) is 6.20 Å². The van der Waals surface area contributed by atoms with Crippen LogP contribution in [0.15, 0.2) is 33.7 Å². The van der Waals surface area contributed by atoms with Crippen molar-refractivity contribution in [3.63, 3.8) is 0 Å². The lowest BCUT2D eigenvalue weighted by molar-refractivity contribution is 0.628. The molecular formula is C9H5N3O2. The highest BCUT2D eigenvalue weighted by Gasteiger charge is 2.08. The molecule has 68 valence electrons. The summed E-state index contributed by atoms with van der Waals surface area (Å²) >= 11 is 0. The van der Waals surface area contributed by atoms with Gasteiger partial charge in [-0.25, -0.2) is 10.1 Å². The minimum Gasteiger partial charge on any atom is -0.420 e. The molecule has 3 aromatic heterocycles. The summed E-state index contributed by atoms with van der Waals surface area (Å²) in [5.74, 6) is 0. The van der Waals surface area contributed by atoms with Crippen LogP contribution in [0.1, 0.15) is 0 Å². The third-order valence-corrected chi connectivity index (χ3v) is 2.06. The first-order valence-electron chi connectivity index (χ1n) is 4.07. The van der Waals surface area contributed by atoms with Gasteiger partial charge in [-0.05, 0) is 12.1 Å². The van der Waals surface area contributed by atoms with Gasteiger partial charge >= 0.3 is 0 Å². The lowest BCUT2D eigenvalue weighted by Crippen LogP contribution is -2.01. The third kappa shape index (κ3) is 0.806. The zero-order valence-electron chi connectivity index (χ0n) is 7.02. The Morgan fingerprint density at radius 1 is 1.36 bits per heavy atom. The molecule has 0 aliphatic rings. The molecule has 0 fully saturated rings. The Kier molecular flexibility index (Phi) is 1.25. The molecule has 3 aromatic rings. The number of aromatic nitrogens is 3. The van der Waals surface area contributed by atoms with Crippen LogP contribution in [0.2, 0.25) is 0 Å². The maximum atomic E-state index is 11.8. The predicted molar refractivity (Wildman–Crippen MR) is 49.9 cm³/mol. The number of H-pyrrole nitrogens is 1. The molecule has 0 saturated carbocycles. The van der Waals surface area contributed by atoms with Crippen LogP contribution in [0.3, 0.4) is 0 Å². The smallest absolute Gasteiger partial charge is 0.232 e. The van der Waals surface area contributed by atoms with Gasteiger partial charge in [-0.15, -0.1) is 0 Å². The van der Waals surface area contributed by atoms with E-state index >= 15 is 0 Å². The minimum atomic E-state index is -0.108. The number of fused-ring (bicyclic) bond motifs is 2. The Morgan fingerprint density at radius 3 is 3.21 bits per heavy atom. The molecule has 3 rings (SSSR count). The van der Waals surface area contributed by atoms with Gasteiger partial charge in [0.2, 0.25) is 16.9 Å². The Hall–Kier alpha value is -2.17. The number of aromatic amines is 1. The Bertz CT molecular complexity index is 668. The van der Waals surface area contributed by atoms with E-state index in [2.05, 4.69) is 15.2 Å². The van der Waals surface area contributed by atoms with Crippen molar-refractivity contribution in [2.75, 3.05) is 0 Å². The van der Waals surface area contributed by atoms with Crippen molar-refractivity contribution in [1.82, 2.24) is 15.2 Å². The molecule has 0 spiro atoms. The lowest BCUT2D eigenvalue weighted by Gasteiger charge is -1.93. The first kappa shape index (κ1) is 7.25. The Morgan fingerprint density at radius 2 is 2.29 bits per heavy atom. The van der Waals surface area contributed by atoms with Gasteiger partial charge in [-0.2, -0.15) is 5.10 Å². The van der Waals surface area contributed by atoms with Crippen molar-refractivity contribution in [2.24, 2.45) is 0 Å². The van der Waals surface area contributed by atoms with Crippen molar-refractivity contribution in [3.8, 4) is 0 Å². The zero-order chi connectivity index (χ0) is 9.54. The number of rotatable bonds is 0. The van der Waals surface area contributed by atoms with E-state index in [4.69, 9.17) is 4.42 Å². The van der Waals surface area contributed by atoms with E-state index in [-0.39, 0.29) is 5.43 Å². The van der Waals surface area contributed by atoms with E-state index < -0.39 is 0 Å². The standard InChI is InChI=1S/C9H5N3O2/c13-7-5-2-1-3-10-8(5)14-9-6(7)4-11-12-9/h1-4H,(H,11,12). The van der Waals surface area contributed by atoms with Gasteiger partial charge in [0.15, 0.2) is 0 Å². The SMILES string of the molecule is O=c1c2cccnc2oc2[nH]ncc12. The van der Waals surface area contributed by atoms with Gasteiger partial charge in [0.25, 0.3) is 0 Å². The topological polar surface area (TPSA) is 71.8 Å². The molecule has 0 bridgehead atoms. The van der Waals surface area contributed by atoms with E-state index in [1.807, 2.05) is 0 Å². The molecule has 5 heteroatoms. The summed E-state index contributed by atoms with van der Waals surface area (Å²) in [7, 11) is 0. The van der Waals surface area contributed by atoms with Crippen molar-refractivity contribution >= 4 is 22.2 Å².